The number of aliphatic imine (C=N–C) groups is 1. The zero-order valence-corrected chi connectivity index (χ0v) is 18.0. The molecule has 2 aliphatic rings. The maximum Gasteiger partial charge on any atom is 0.252 e. The SMILES string of the molecule is C=C(/N=C1\C(=C(/N)c2ccc(F)cc2C)C=CC(=O)N1C1CCCCC1)S(C)(=O)=O. The van der Waals surface area contributed by atoms with E-state index >= 15 is 0 Å². The van der Waals surface area contributed by atoms with Gasteiger partial charge in [0.05, 0.1) is 5.70 Å². The number of carbonyl (C=O) groups is 1. The summed E-state index contributed by atoms with van der Waals surface area (Å²) in [6, 6.07) is 4.13. The fourth-order valence-electron chi connectivity index (χ4n) is 3.84. The lowest BCUT2D eigenvalue weighted by atomic mass is 9.91. The van der Waals surface area contributed by atoms with E-state index in [9.17, 15) is 17.6 Å². The second-order valence-corrected chi connectivity index (χ2v) is 9.74. The molecule has 0 atom stereocenters. The van der Waals surface area contributed by atoms with Gasteiger partial charge >= 0.3 is 0 Å². The first-order valence-corrected chi connectivity index (χ1v) is 11.7. The minimum atomic E-state index is -3.66. The van der Waals surface area contributed by atoms with Crippen molar-refractivity contribution in [1.29, 1.82) is 0 Å². The van der Waals surface area contributed by atoms with Crippen LogP contribution in [0.2, 0.25) is 0 Å². The predicted octanol–water partition coefficient (Wildman–Crippen LogP) is 3.45. The first kappa shape index (κ1) is 22.0. The largest absolute Gasteiger partial charge is 0.398 e. The van der Waals surface area contributed by atoms with Crippen molar-refractivity contribution in [2.75, 3.05) is 6.26 Å². The smallest absolute Gasteiger partial charge is 0.252 e. The summed E-state index contributed by atoms with van der Waals surface area (Å²) in [6.07, 6.45) is 8.61. The highest BCUT2D eigenvalue weighted by Crippen LogP contribution is 2.30. The van der Waals surface area contributed by atoms with E-state index in [1.165, 1.54) is 29.2 Å². The van der Waals surface area contributed by atoms with Crippen molar-refractivity contribution in [1.82, 2.24) is 4.90 Å². The van der Waals surface area contributed by atoms with Crippen molar-refractivity contribution >= 4 is 27.3 Å². The van der Waals surface area contributed by atoms with E-state index in [-0.39, 0.29) is 34.3 Å². The summed E-state index contributed by atoms with van der Waals surface area (Å²) < 4.78 is 37.5. The van der Waals surface area contributed by atoms with Crippen molar-refractivity contribution in [3.05, 3.63) is 64.5 Å². The van der Waals surface area contributed by atoms with Gasteiger partial charge in [0.25, 0.3) is 5.91 Å². The highest BCUT2D eigenvalue weighted by Gasteiger charge is 2.34. The van der Waals surface area contributed by atoms with Gasteiger partial charge in [0, 0.05) is 29.5 Å². The van der Waals surface area contributed by atoms with Crippen LogP contribution in [0.1, 0.15) is 43.2 Å². The minimum Gasteiger partial charge on any atom is -0.398 e. The Bertz CT molecular complexity index is 1080. The fraction of sp³-hybridized carbons (Fsp3) is 0.364. The molecule has 0 radical (unpaired) electrons. The summed E-state index contributed by atoms with van der Waals surface area (Å²) in [4.78, 5) is 18.6. The summed E-state index contributed by atoms with van der Waals surface area (Å²) in [5.41, 5.74) is 8.36. The van der Waals surface area contributed by atoms with E-state index in [4.69, 9.17) is 5.73 Å². The Hall–Kier alpha value is -2.74. The molecule has 8 heteroatoms. The van der Waals surface area contributed by atoms with Gasteiger partial charge in [-0.15, -0.1) is 0 Å². The van der Waals surface area contributed by atoms with Crippen LogP contribution in [0.4, 0.5) is 4.39 Å². The third-order valence-corrected chi connectivity index (χ3v) is 6.41. The molecule has 0 saturated heterocycles. The van der Waals surface area contributed by atoms with E-state index in [2.05, 4.69) is 11.6 Å². The van der Waals surface area contributed by atoms with Gasteiger partial charge in [0.1, 0.15) is 16.7 Å². The average molecular weight is 432 g/mol. The van der Waals surface area contributed by atoms with Gasteiger partial charge in [-0.2, -0.15) is 0 Å². The van der Waals surface area contributed by atoms with Crippen molar-refractivity contribution in [2.45, 2.75) is 45.1 Å². The average Bonchev–Trinajstić information content (AvgIpc) is 2.67. The third-order valence-electron chi connectivity index (χ3n) is 5.47. The van der Waals surface area contributed by atoms with Crippen LogP contribution in [0.15, 0.2) is 52.5 Å². The molecular formula is C22H26FN3O3S. The third kappa shape index (κ3) is 4.53. The van der Waals surface area contributed by atoms with Crippen LogP contribution >= 0.6 is 0 Å². The van der Waals surface area contributed by atoms with Crippen LogP contribution in [0, 0.1) is 12.7 Å². The highest BCUT2D eigenvalue weighted by atomic mass is 32.2. The van der Waals surface area contributed by atoms with Gasteiger partial charge in [-0.3, -0.25) is 9.69 Å². The first-order chi connectivity index (χ1) is 14.1. The number of rotatable bonds is 4. The second-order valence-electron chi connectivity index (χ2n) is 7.72. The molecule has 0 unspecified atom stereocenters. The first-order valence-electron chi connectivity index (χ1n) is 9.85. The lowest BCUT2D eigenvalue weighted by molar-refractivity contribution is -0.124. The Morgan fingerprint density at radius 1 is 1.23 bits per heavy atom. The molecule has 1 amide bonds. The van der Waals surface area contributed by atoms with Gasteiger partial charge < -0.3 is 5.73 Å². The van der Waals surface area contributed by atoms with Crippen molar-refractivity contribution in [3.8, 4) is 0 Å². The van der Waals surface area contributed by atoms with Gasteiger partial charge in [-0.05, 0) is 49.6 Å². The molecule has 30 heavy (non-hydrogen) atoms. The van der Waals surface area contributed by atoms with E-state index < -0.39 is 9.84 Å². The number of sulfone groups is 1. The molecule has 0 aromatic heterocycles. The normalized spacial score (nSPS) is 21.2. The monoisotopic (exact) mass is 431 g/mol. The molecule has 0 bridgehead atoms. The highest BCUT2D eigenvalue weighted by molar-refractivity contribution is 7.94. The maximum atomic E-state index is 13.6. The molecule has 1 aliphatic heterocycles. The van der Waals surface area contributed by atoms with E-state index in [0.717, 1.165) is 38.4 Å². The number of nitrogens with zero attached hydrogens (tertiary/aromatic N) is 2. The number of hydrogen-bond donors (Lipinski definition) is 1. The molecule has 3 rings (SSSR count). The Balaban J connectivity index is 2.21. The molecule has 1 aromatic rings. The number of aryl methyl sites for hydroxylation is 1. The van der Waals surface area contributed by atoms with Gasteiger partial charge in [0.2, 0.25) is 0 Å². The Morgan fingerprint density at radius 3 is 2.50 bits per heavy atom. The van der Waals surface area contributed by atoms with Crippen molar-refractivity contribution in [3.63, 3.8) is 0 Å². The topological polar surface area (TPSA) is 92.8 Å². The number of nitrogens with two attached hydrogens (primary N) is 1. The number of amidine groups is 1. The number of benzene rings is 1. The number of carbonyl (C=O) groups excluding carboxylic acids is 1. The van der Waals surface area contributed by atoms with Crippen LogP contribution in [0.25, 0.3) is 5.70 Å². The van der Waals surface area contributed by atoms with Crippen LogP contribution in [0.5, 0.6) is 0 Å². The maximum absolute atomic E-state index is 13.6. The molecule has 1 heterocycles. The molecule has 6 nitrogen and oxygen atoms in total. The standard InChI is InChI=1S/C22H26FN3O3S/c1-14-13-16(23)9-10-18(14)21(24)19-11-12-20(27)26(17-7-5-4-6-8-17)22(19)25-15(2)30(3,28)29/h9-13,17H,2,4-8,24H2,1,3H3/b21-19-,25-22+. The number of hydrogen-bond acceptors (Lipinski definition) is 5. The van der Waals surface area contributed by atoms with Crippen LogP contribution in [-0.2, 0) is 14.6 Å². The fourth-order valence-corrected chi connectivity index (χ4v) is 4.09. The summed E-state index contributed by atoms with van der Waals surface area (Å²) in [6.45, 7) is 5.30. The van der Waals surface area contributed by atoms with E-state index in [1.807, 2.05) is 0 Å². The molecular weight excluding hydrogens is 405 g/mol. The molecule has 2 N–H and O–H groups in total. The summed E-state index contributed by atoms with van der Waals surface area (Å²) >= 11 is 0. The van der Waals surface area contributed by atoms with Gasteiger partial charge in [-0.25, -0.2) is 17.8 Å². The summed E-state index contributed by atoms with van der Waals surface area (Å²) in [5, 5.41) is -0.345. The van der Waals surface area contributed by atoms with Crippen LogP contribution in [-0.4, -0.2) is 37.4 Å². The van der Waals surface area contributed by atoms with Gasteiger partial charge in [0.15, 0.2) is 9.84 Å². The quantitative estimate of drug-likeness (QED) is 0.790. The summed E-state index contributed by atoms with van der Waals surface area (Å²) in [5.74, 6) is -0.480. The Morgan fingerprint density at radius 2 is 1.90 bits per heavy atom. The van der Waals surface area contributed by atoms with Crippen LogP contribution in [0.3, 0.4) is 0 Å². The Kier molecular flexibility index (Phi) is 6.26. The second kappa shape index (κ2) is 8.55. The van der Waals surface area contributed by atoms with Crippen LogP contribution < -0.4 is 5.73 Å². The lowest BCUT2D eigenvalue weighted by Crippen LogP contribution is -2.47. The number of halogens is 1. The minimum absolute atomic E-state index is 0.0978. The lowest BCUT2D eigenvalue weighted by Gasteiger charge is -2.37. The molecule has 1 aromatic carbocycles. The van der Waals surface area contributed by atoms with E-state index in [0.29, 0.717) is 16.7 Å². The molecule has 1 aliphatic carbocycles. The molecule has 160 valence electrons. The molecule has 0 spiro atoms. The van der Waals surface area contributed by atoms with Crippen molar-refractivity contribution < 1.29 is 17.6 Å². The molecule has 1 fully saturated rings. The zero-order valence-electron chi connectivity index (χ0n) is 17.2. The summed E-state index contributed by atoms with van der Waals surface area (Å²) in [7, 11) is -3.66. The Labute approximate surface area is 176 Å². The van der Waals surface area contributed by atoms with E-state index in [1.54, 1.807) is 13.0 Å². The zero-order chi connectivity index (χ0) is 22.1. The van der Waals surface area contributed by atoms with Gasteiger partial charge in [-0.1, -0.05) is 25.8 Å². The molecule has 1 saturated carbocycles. The predicted molar refractivity (Wildman–Crippen MR) is 117 cm³/mol. The number of amides is 1. The van der Waals surface area contributed by atoms with Crippen molar-refractivity contribution in [2.24, 2.45) is 10.7 Å².